The van der Waals surface area contributed by atoms with Crippen LogP contribution < -0.4 is 5.56 Å². The highest BCUT2D eigenvalue weighted by molar-refractivity contribution is 7.91. The number of aryl methyl sites for hydroxylation is 2. The molecule has 6 nitrogen and oxygen atoms in total. The number of sulfone groups is 1. The quantitative estimate of drug-likeness (QED) is 0.886. The zero-order valence-corrected chi connectivity index (χ0v) is 11.9. The molecule has 0 saturated heterocycles. The highest BCUT2D eigenvalue weighted by Gasteiger charge is 2.23. The number of hydrogen-bond donors (Lipinski definition) is 1. The number of rotatable bonds is 3. The maximum Gasteiger partial charge on any atom is 0.267 e. The van der Waals surface area contributed by atoms with Gasteiger partial charge < -0.3 is 5.11 Å². The van der Waals surface area contributed by atoms with Crippen molar-refractivity contribution in [2.45, 2.75) is 23.3 Å². The Morgan fingerprint density at radius 1 is 1.25 bits per heavy atom. The molecule has 0 saturated carbocycles. The van der Waals surface area contributed by atoms with E-state index in [0.29, 0.717) is 0 Å². The first-order valence-electron chi connectivity index (χ1n) is 5.86. The van der Waals surface area contributed by atoms with Gasteiger partial charge >= 0.3 is 0 Å². The first-order chi connectivity index (χ1) is 9.36. The molecule has 1 heterocycles. The second kappa shape index (κ2) is 5.18. The van der Waals surface area contributed by atoms with Crippen LogP contribution in [0.2, 0.25) is 0 Å². The zero-order chi connectivity index (χ0) is 14.9. The standard InChI is InChI=1S/C13H14N2O4S/c1-9-3-5-10(6-4-9)20(18,19)12-7-13(17)15(2)14-11(12)8-16/h3-7,16H,8H2,1-2H3. The van der Waals surface area contributed by atoms with E-state index in [0.717, 1.165) is 16.3 Å². The number of hydrogen-bond acceptors (Lipinski definition) is 5. The molecule has 2 aromatic rings. The van der Waals surface area contributed by atoms with Crippen molar-refractivity contribution in [3.63, 3.8) is 0 Å². The van der Waals surface area contributed by atoms with E-state index in [1.807, 2.05) is 6.92 Å². The van der Waals surface area contributed by atoms with Crippen LogP contribution in [0.4, 0.5) is 0 Å². The maximum atomic E-state index is 12.5. The summed E-state index contributed by atoms with van der Waals surface area (Å²) in [5.74, 6) is 0. The molecule has 0 fully saturated rings. The largest absolute Gasteiger partial charge is 0.390 e. The molecule has 0 radical (unpaired) electrons. The van der Waals surface area contributed by atoms with Crippen LogP contribution >= 0.6 is 0 Å². The van der Waals surface area contributed by atoms with Crippen LogP contribution in [0.25, 0.3) is 0 Å². The third kappa shape index (κ3) is 2.50. The van der Waals surface area contributed by atoms with Gasteiger partial charge in [0, 0.05) is 13.1 Å². The van der Waals surface area contributed by atoms with Gasteiger partial charge in [-0.3, -0.25) is 4.79 Å². The number of nitrogens with zero attached hydrogens (tertiary/aromatic N) is 2. The monoisotopic (exact) mass is 294 g/mol. The average Bonchev–Trinajstić information content (AvgIpc) is 2.41. The fraction of sp³-hybridized carbons (Fsp3) is 0.231. The van der Waals surface area contributed by atoms with E-state index in [-0.39, 0.29) is 15.5 Å². The lowest BCUT2D eigenvalue weighted by Crippen LogP contribution is -2.23. The van der Waals surface area contributed by atoms with Crippen molar-refractivity contribution in [1.29, 1.82) is 0 Å². The second-order valence-corrected chi connectivity index (χ2v) is 6.31. The van der Waals surface area contributed by atoms with Gasteiger partial charge in [-0.2, -0.15) is 5.10 Å². The number of aromatic nitrogens is 2. The molecule has 0 bridgehead atoms. The summed E-state index contributed by atoms with van der Waals surface area (Å²) in [6, 6.07) is 7.24. The number of aliphatic hydroxyl groups excluding tert-OH is 1. The predicted octanol–water partition coefficient (Wildman–Crippen LogP) is 0.414. The normalized spacial score (nSPS) is 11.6. The lowest BCUT2D eigenvalue weighted by atomic mass is 10.2. The molecule has 0 atom stereocenters. The van der Waals surface area contributed by atoms with Crippen LogP contribution in [-0.2, 0) is 23.5 Å². The van der Waals surface area contributed by atoms with Gasteiger partial charge in [0.2, 0.25) is 9.84 Å². The van der Waals surface area contributed by atoms with Gasteiger partial charge in [0.1, 0.15) is 10.6 Å². The van der Waals surface area contributed by atoms with Crippen molar-refractivity contribution in [2.24, 2.45) is 7.05 Å². The lowest BCUT2D eigenvalue weighted by molar-refractivity contribution is 0.269. The van der Waals surface area contributed by atoms with Crippen molar-refractivity contribution < 1.29 is 13.5 Å². The Balaban J connectivity index is 2.69. The van der Waals surface area contributed by atoms with Crippen LogP contribution in [0.15, 0.2) is 44.9 Å². The van der Waals surface area contributed by atoms with Gasteiger partial charge in [0.05, 0.1) is 11.5 Å². The van der Waals surface area contributed by atoms with E-state index < -0.39 is 22.0 Å². The fourth-order valence-electron chi connectivity index (χ4n) is 1.76. The number of benzene rings is 1. The summed E-state index contributed by atoms with van der Waals surface area (Å²) in [4.78, 5) is 11.4. The third-order valence-electron chi connectivity index (χ3n) is 2.90. The minimum Gasteiger partial charge on any atom is -0.390 e. The van der Waals surface area contributed by atoms with Crippen molar-refractivity contribution in [3.05, 3.63) is 51.9 Å². The summed E-state index contributed by atoms with van der Waals surface area (Å²) in [6.07, 6.45) is 0. The SMILES string of the molecule is Cc1ccc(S(=O)(=O)c2cc(=O)n(C)nc2CO)cc1. The van der Waals surface area contributed by atoms with Crippen molar-refractivity contribution in [1.82, 2.24) is 9.78 Å². The topological polar surface area (TPSA) is 89.3 Å². The predicted molar refractivity (Wildman–Crippen MR) is 72.0 cm³/mol. The number of aliphatic hydroxyl groups is 1. The van der Waals surface area contributed by atoms with E-state index in [4.69, 9.17) is 0 Å². The maximum absolute atomic E-state index is 12.5. The average molecular weight is 294 g/mol. The minimum absolute atomic E-state index is 0.0484. The molecular weight excluding hydrogens is 280 g/mol. The zero-order valence-electron chi connectivity index (χ0n) is 11.1. The molecule has 20 heavy (non-hydrogen) atoms. The van der Waals surface area contributed by atoms with E-state index in [2.05, 4.69) is 5.10 Å². The Labute approximate surface area is 116 Å². The smallest absolute Gasteiger partial charge is 0.267 e. The van der Waals surface area contributed by atoms with Crippen molar-refractivity contribution >= 4 is 9.84 Å². The van der Waals surface area contributed by atoms with Crippen LogP contribution in [0.3, 0.4) is 0 Å². The summed E-state index contributed by atoms with van der Waals surface area (Å²) in [5, 5.41) is 13.0. The molecule has 0 amide bonds. The van der Waals surface area contributed by atoms with Gasteiger partial charge in [-0.15, -0.1) is 0 Å². The minimum atomic E-state index is -3.87. The molecule has 0 aliphatic heterocycles. The van der Waals surface area contributed by atoms with Crippen LogP contribution in [-0.4, -0.2) is 23.3 Å². The lowest BCUT2D eigenvalue weighted by Gasteiger charge is -2.09. The Bertz CT molecular complexity index is 792. The van der Waals surface area contributed by atoms with Crippen molar-refractivity contribution in [2.75, 3.05) is 0 Å². The second-order valence-electron chi connectivity index (χ2n) is 4.39. The summed E-state index contributed by atoms with van der Waals surface area (Å²) in [5.41, 5.74) is 0.328. The van der Waals surface area contributed by atoms with E-state index in [1.165, 1.54) is 19.2 Å². The van der Waals surface area contributed by atoms with Crippen molar-refractivity contribution in [3.8, 4) is 0 Å². The van der Waals surface area contributed by atoms with E-state index in [9.17, 15) is 18.3 Å². The van der Waals surface area contributed by atoms with Gasteiger partial charge in [0.15, 0.2) is 0 Å². The van der Waals surface area contributed by atoms with E-state index in [1.54, 1.807) is 12.1 Å². The summed E-state index contributed by atoms with van der Waals surface area (Å²) < 4.78 is 26.0. The van der Waals surface area contributed by atoms with Gasteiger partial charge in [-0.25, -0.2) is 13.1 Å². The first kappa shape index (κ1) is 14.4. The molecule has 1 aromatic heterocycles. The Morgan fingerprint density at radius 2 is 1.85 bits per heavy atom. The Hall–Kier alpha value is -1.99. The van der Waals surface area contributed by atoms with Crippen LogP contribution in [0.1, 0.15) is 11.3 Å². The Kier molecular flexibility index (Phi) is 3.74. The molecule has 0 aliphatic rings. The Morgan fingerprint density at radius 3 is 2.40 bits per heavy atom. The summed E-state index contributed by atoms with van der Waals surface area (Å²) in [7, 11) is -2.48. The van der Waals surface area contributed by atoms with Crippen LogP contribution in [0.5, 0.6) is 0 Å². The summed E-state index contributed by atoms with van der Waals surface area (Å²) >= 11 is 0. The van der Waals surface area contributed by atoms with Gasteiger partial charge in [-0.05, 0) is 19.1 Å². The summed E-state index contributed by atoms with van der Waals surface area (Å²) in [6.45, 7) is 1.28. The molecule has 2 rings (SSSR count). The molecule has 0 aliphatic carbocycles. The molecule has 0 unspecified atom stereocenters. The first-order valence-corrected chi connectivity index (χ1v) is 7.34. The third-order valence-corrected chi connectivity index (χ3v) is 4.72. The molecule has 7 heteroatoms. The molecule has 0 spiro atoms. The van der Waals surface area contributed by atoms with Gasteiger partial charge in [0.25, 0.3) is 5.56 Å². The fourth-order valence-corrected chi connectivity index (χ4v) is 3.17. The van der Waals surface area contributed by atoms with E-state index >= 15 is 0 Å². The molecular formula is C13H14N2O4S. The van der Waals surface area contributed by atoms with Gasteiger partial charge in [-0.1, -0.05) is 17.7 Å². The highest BCUT2D eigenvalue weighted by Crippen LogP contribution is 2.22. The highest BCUT2D eigenvalue weighted by atomic mass is 32.2. The van der Waals surface area contributed by atoms with Crippen LogP contribution in [0, 0.1) is 6.92 Å². The molecule has 1 N–H and O–H groups in total. The molecule has 1 aromatic carbocycles. The molecule has 106 valence electrons.